The van der Waals surface area contributed by atoms with Crippen LogP contribution < -0.4 is 15.0 Å². The average molecular weight is 484 g/mol. The van der Waals surface area contributed by atoms with Crippen LogP contribution in [-0.2, 0) is 11.3 Å². The van der Waals surface area contributed by atoms with E-state index in [0.717, 1.165) is 49.9 Å². The summed E-state index contributed by atoms with van der Waals surface area (Å²) in [5.41, 5.74) is 2.10. The van der Waals surface area contributed by atoms with Crippen molar-refractivity contribution < 1.29 is 24.5 Å². The van der Waals surface area contributed by atoms with Crippen LogP contribution in [0.5, 0.6) is 5.75 Å². The maximum absolute atomic E-state index is 13.3. The number of rotatable bonds is 7. The number of hydrogen-bond acceptors (Lipinski definition) is 6. The summed E-state index contributed by atoms with van der Waals surface area (Å²) in [5.74, 6) is 0.261. The topological polar surface area (TPSA) is 102 Å². The van der Waals surface area contributed by atoms with Gasteiger partial charge in [-0.1, -0.05) is 37.5 Å². The molecule has 3 rings (SSSR count). The third kappa shape index (κ3) is 8.06. The van der Waals surface area contributed by atoms with Gasteiger partial charge in [-0.15, -0.1) is 0 Å². The van der Waals surface area contributed by atoms with E-state index in [4.69, 9.17) is 9.84 Å². The number of nitrogens with one attached hydrogen (secondary N) is 1. The summed E-state index contributed by atoms with van der Waals surface area (Å²) in [6.45, 7) is 1.53. The quantitative estimate of drug-likeness (QED) is 0.560. The number of nitrogens with zero attached hydrogens (tertiary/aromatic N) is 2. The lowest BCUT2D eigenvalue weighted by Crippen LogP contribution is -2.38. The molecule has 190 valence electrons. The Hall–Kier alpha value is -2.94. The molecule has 0 saturated carbocycles. The van der Waals surface area contributed by atoms with Crippen molar-refractivity contribution >= 4 is 17.5 Å². The minimum Gasteiger partial charge on any atom is -0.484 e. The molecule has 2 amide bonds. The molecule has 0 spiro atoms. The molecule has 1 unspecified atom stereocenters. The summed E-state index contributed by atoms with van der Waals surface area (Å²) in [5, 5.41) is 22.3. The molecule has 3 N–H and O–H groups in total. The van der Waals surface area contributed by atoms with Crippen LogP contribution >= 0.6 is 0 Å². The van der Waals surface area contributed by atoms with Crippen LogP contribution in [0.3, 0.4) is 0 Å². The Labute approximate surface area is 207 Å². The smallest absolute Gasteiger partial charge is 0.264 e. The number of likely N-dealkylation sites (N-methyl/N-ethyl adjacent to an activating group) is 1. The largest absolute Gasteiger partial charge is 0.484 e. The molecule has 2 aromatic carbocycles. The summed E-state index contributed by atoms with van der Waals surface area (Å²) in [7, 11) is 1.59. The van der Waals surface area contributed by atoms with Gasteiger partial charge in [-0.05, 0) is 55.3 Å². The Morgan fingerprint density at radius 2 is 1.83 bits per heavy atom. The molecule has 1 aliphatic heterocycles. The monoisotopic (exact) mass is 483 g/mol. The Balaban J connectivity index is 1.85. The number of hydrogen-bond donors (Lipinski definition) is 3. The fraction of sp³-hybridized carbons (Fsp3) is 0.481. The van der Waals surface area contributed by atoms with Gasteiger partial charge in [-0.3, -0.25) is 9.59 Å². The molecule has 8 heteroatoms. The summed E-state index contributed by atoms with van der Waals surface area (Å²) in [4.78, 5) is 29.4. The van der Waals surface area contributed by atoms with E-state index in [9.17, 15) is 14.7 Å². The second kappa shape index (κ2) is 13.8. The highest BCUT2D eigenvalue weighted by Crippen LogP contribution is 2.25. The fourth-order valence-corrected chi connectivity index (χ4v) is 4.19. The molecule has 2 aromatic rings. The number of benzene rings is 2. The van der Waals surface area contributed by atoms with Crippen LogP contribution in [0.2, 0.25) is 0 Å². The van der Waals surface area contributed by atoms with Gasteiger partial charge in [0.2, 0.25) is 0 Å². The van der Waals surface area contributed by atoms with E-state index in [-0.39, 0.29) is 25.0 Å². The Morgan fingerprint density at radius 1 is 1.09 bits per heavy atom. The van der Waals surface area contributed by atoms with Gasteiger partial charge in [0, 0.05) is 37.9 Å². The van der Waals surface area contributed by atoms with Gasteiger partial charge >= 0.3 is 0 Å². The first-order valence-corrected chi connectivity index (χ1v) is 12.4. The van der Waals surface area contributed by atoms with Crippen LogP contribution in [0, 0.1) is 0 Å². The second-order valence-electron chi connectivity index (χ2n) is 8.96. The summed E-state index contributed by atoms with van der Waals surface area (Å²) in [6, 6.07) is 14.6. The third-order valence-corrected chi connectivity index (χ3v) is 6.12. The highest BCUT2D eigenvalue weighted by molar-refractivity contribution is 5.98. The van der Waals surface area contributed by atoms with Gasteiger partial charge < -0.3 is 30.1 Å². The lowest BCUT2D eigenvalue weighted by molar-refractivity contribution is -0.120. The SMILES string of the molecule is CN(CC(O)CO)C(=O)c1ccc2c(c1)CNCCCCCCCN2C(=O)COc1ccccc1. The van der Waals surface area contributed by atoms with Crippen molar-refractivity contribution in [3.05, 3.63) is 59.7 Å². The predicted molar refractivity (Wildman–Crippen MR) is 136 cm³/mol. The zero-order valence-corrected chi connectivity index (χ0v) is 20.5. The molecule has 0 fully saturated rings. The van der Waals surface area contributed by atoms with Crippen molar-refractivity contribution in [1.82, 2.24) is 10.2 Å². The maximum Gasteiger partial charge on any atom is 0.264 e. The zero-order chi connectivity index (χ0) is 25.0. The zero-order valence-electron chi connectivity index (χ0n) is 20.5. The van der Waals surface area contributed by atoms with E-state index in [0.29, 0.717) is 24.4 Å². The molecule has 0 radical (unpaired) electrons. The minimum absolute atomic E-state index is 0.0338. The molecule has 0 bridgehead atoms. The van der Waals surface area contributed by atoms with Crippen molar-refractivity contribution in [2.45, 2.75) is 44.8 Å². The lowest BCUT2D eigenvalue weighted by Gasteiger charge is -2.27. The highest BCUT2D eigenvalue weighted by Gasteiger charge is 2.22. The third-order valence-electron chi connectivity index (χ3n) is 6.12. The van der Waals surface area contributed by atoms with Crippen molar-refractivity contribution in [3.8, 4) is 5.75 Å². The molecule has 1 atom stereocenters. The summed E-state index contributed by atoms with van der Waals surface area (Å²) >= 11 is 0. The predicted octanol–water partition coefficient (Wildman–Crippen LogP) is 2.58. The first-order valence-electron chi connectivity index (χ1n) is 12.4. The van der Waals surface area contributed by atoms with E-state index < -0.39 is 12.7 Å². The molecule has 35 heavy (non-hydrogen) atoms. The molecular weight excluding hydrogens is 446 g/mol. The Morgan fingerprint density at radius 3 is 2.60 bits per heavy atom. The van der Waals surface area contributed by atoms with E-state index in [2.05, 4.69) is 5.32 Å². The molecule has 0 saturated heterocycles. The number of aliphatic hydroxyl groups is 2. The molecule has 0 aliphatic carbocycles. The number of ether oxygens (including phenoxy) is 1. The van der Waals surface area contributed by atoms with E-state index in [1.54, 1.807) is 18.0 Å². The van der Waals surface area contributed by atoms with Crippen LogP contribution in [0.25, 0.3) is 0 Å². The molecular formula is C27H37N3O5. The van der Waals surface area contributed by atoms with Crippen molar-refractivity contribution in [1.29, 1.82) is 0 Å². The second-order valence-corrected chi connectivity index (χ2v) is 8.96. The first kappa shape index (κ1) is 26.7. The molecule has 8 nitrogen and oxygen atoms in total. The van der Waals surface area contributed by atoms with Gasteiger partial charge in [0.15, 0.2) is 6.61 Å². The van der Waals surface area contributed by atoms with Crippen LogP contribution in [0.15, 0.2) is 48.5 Å². The lowest BCUT2D eigenvalue weighted by atomic mass is 10.0. The standard InChI is InChI=1S/C27H37N3O5/c1-29(18-23(32)19-31)27(34)21-12-13-25-22(16-21)17-28-14-8-3-2-4-9-15-30(25)26(33)20-35-24-10-6-5-7-11-24/h5-7,10-13,16,23,28,31-32H,2-4,8-9,14-15,17-20H2,1H3. The Bertz CT molecular complexity index is 953. The van der Waals surface area contributed by atoms with Crippen molar-refractivity contribution in [2.75, 3.05) is 44.8 Å². The summed E-state index contributed by atoms with van der Waals surface area (Å²) in [6.07, 6.45) is 4.31. The van der Waals surface area contributed by atoms with Crippen molar-refractivity contribution in [3.63, 3.8) is 0 Å². The van der Waals surface area contributed by atoms with Gasteiger partial charge in [0.1, 0.15) is 5.75 Å². The summed E-state index contributed by atoms with van der Waals surface area (Å²) < 4.78 is 5.74. The van der Waals surface area contributed by atoms with E-state index in [1.807, 2.05) is 42.5 Å². The van der Waals surface area contributed by atoms with Gasteiger partial charge in [-0.25, -0.2) is 0 Å². The number of carbonyl (C=O) groups is 2. The minimum atomic E-state index is -0.993. The van der Waals surface area contributed by atoms with Crippen LogP contribution in [0.1, 0.15) is 48.0 Å². The maximum atomic E-state index is 13.3. The number of fused-ring (bicyclic) bond motifs is 1. The molecule has 1 aliphatic rings. The number of anilines is 1. The Kier molecular flexibility index (Phi) is 10.5. The van der Waals surface area contributed by atoms with Gasteiger partial charge in [0.25, 0.3) is 11.8 Å². The highest BCUT2D eigenvalue weighted by atomic mass is 16.5. The number of amides is 2. The number of aliphatic hydroxyl groups excluding tert-OH is 2. The van der Waals surface area contributed by atoms with Gasteiger partial charge in [0.05, 0.1) is 12.7 Å². The fourth-order valence-electron chi connectivity index (χ4n) is 4.19. The normalized spacial score (nSPS) is 15.8. The first-order chi connectivity index (χ1) is 17.0. The van der Waals surface area contributed by atoms with Gasteiger partial charge in [-0.2, -0.15) is 0 Å². The molecule has 1 heterocycles. The molecule has 0 aromatic heterocycles. The van der Waals surface area contributed by atoms with E-state index >= 15 is 0 Å². The number of para-hydroxylation sites is 1. The average Bonchev–Trinajstić information content (AvgIpc) is 2.87. The number of carbonyl (C=O) groups excluding carboxylic acids is 2. The van der Waals surface area contributed by atoms with E-state index in [1.165, 1.54) is 4.90 Å². The van der Waals surface area contributed by atoms with Crippen LogP contribution in [-0.4, -0.2) is 72.9 Å². The van der Waals surface area contributed by atoms with Crippen LogP contribution in [0.4, 0.5) is 5.69 Å². The van der Waals surface area contributed by atoms with Crippen molar-refractivity contribution in [2.24, 2.45) is 0 Å².